The summed E-state index contributed by atoms with van der Waals surface area (Å²) in [5.74, 6) is 0.484. The minimum Gasteiger partial charge on any atom is -0.338 e. The molecule has 0 spiro atoms. The zero-order chi connectivity index (χ0) is 19.2. The Bertz CT molecular complexity index is 873. The first kappa shape index (κ1) is 18.3. The lowest BCUT2D eigenvalue weighted by atomic mass is 9.98. The summed E-state index contributed by atoms with van der Waals surface area (Å²) in [5, 5.41) is 7.47. The second-order valence-electron chi connectivity index (χ2n) is 7.32. The number of rotatable bonds is 6. The summed E-state index contributed by atoms with van der Waals surface area (Å²) in [5.41, 5.74) is 2.15. The van der Waals surface area contributed by atoms with Gasteiger partial charge < -0.3 is 14.8 Å². The average molecular weight is 378 g/mol. The number of urea groups is 1. The van der Waals surface area contributed by atoms with Crippen LogP contribution in [0.3, 0.4) is 0 Å². The predicted octanol–water partition coefficient (Wildman–Crippen LogP) is 2.73. The van der Waals surface area contributed by atoms with Crippen LogP contribution >= 0.6 is 0 Å². The first-order chi connectivity index (χ1) is 13.8. The van der Waals surface area contributed by atoms with Gasteiger partial charge in [0.2, 0.25) is 0 Å². The number of carbonyl (C=O) groups is 1. The average Bonchev–Trinajstić information content (AvgIpc) is 3.41. The first-order valence-corrected chi connectivity index (χ1v) is 9.85. The molecule has 1 N–H and O–H groups in total. The molecule has 0 radical (unpaired) electrons. The van der Waals surface area contributed by atoms with E-state index in [1.54, 1.807) is 6.20 Å². The molecule has 7 heteroatoms. The molecule has 1 atom stereocenters. The fourth-order valence-corrected chi connectivity index (χ4v) is 3.73. The molecule has 28 heavy (non-hydrogen) atoms. The molecule has 2 aromatic heterocycles. The number of amides is 2. The van der Waals surface area contributed by atoms with Crippen LogP contribution in [0.1, 0.15) is 18.4 Å². The molecule has 1 saturated heterocycles. The van der Waals surface area contributed by atoms with Crippen molar-refractivity contribution in [3.05, 3.63) is 67.0 Å². The van der Waals surface area contributed by atoms with Crippen LogP contribution in [0.15, 0.2) is 61.4 Å². The monoisotopic (exact) mass is 378 g/mol. The molecule has 1 aromatic carbocycles. The molecule has 1 aliphatic rings. The van der Waals surface area contributed by atoms with E-state index in [9.17, 15) is 4.79 Å². The minimum absolute atomic E-state index is 0.0331. The van der Waals surface area contributed by atoms with Crippen molar-refractivity contribution in [2.45, 2.75) is 25.8 Å². The fourth-order valence-electron chi connectivity index (χ4n) is 3.73. The van der Waals surface area contributed by atoms with Gasteiger partial charge in [-0.3, -0.25) is 0 Å². The van der Waals surface area contributed by atoms with Gasteiger partial charge in [-0.15, -0.1) is 0 Å². The second-order valence-corrected chi connectivity index (χ2v) is 7.32. The highest BCUT2D eigenvalue weighted by molar-refractivity contribution is 5.74. The molecular formula is C21H26N6O. The van der Waals surface area contributed by atoms with E-state index in [1.165, 1.54) is 0 Å². The SMILES string of the molecule is O=C(NCCc1cnn(-c2ccccc2)c1)N1CCC[C@@H](Cn2ccnc2)C1. The van der Waals surface area contributed by atoms with E-state index in [2.05, 4.69) is 20.0 Å². The Hall–Kier alpha value is -3.09. The zero-order valence-electron chi connectivity index (χ0n) is 15.9. The molecule has 0 saturated carbocycles. The summed E-state index contributed by atoms with van der Waals surface area (Å²) in [6, 6.07) is 10.1. The van der Waals surface area contributed by atoms with Crippen LogP contribution < -0.4 is 5.32 Å². The summed E-state index contributed by atoms with van der Waals surface area (Å²) in [6.45, 7) is 3.17. The van der Waals surface area contributed by atoms with Crippen molar-refractivity contribution in [1.29, 1.82) is 0 Å². The van der Waals surface area contributed by atoms with Crippen molar-refractivity contribution in [3.8, 4) is 5.69 Å². The van der Waals surface area contributed by atoms with Gasteiger partial charge in [-0.1, -0.05) is 18.2 Å². The van der Waals surface area contributed by atoms with E-state index in [-0.39, 0.29) is 6.03 Å². The number of carbonyl (C=O) groups excluding carboxylic acids is 1. The number of piperidine rings is 1. The van der Waals surface area contributed by atoms with Gasteiger partial charge in [0.05, 0.1) is 18.2 Å². The van der Waals surface area contributed by atoms with E-state index in [4.69, 9.17) is 0 Å². The van der Waals surface area contributed by atoms with Crippen LogP contribution in [0.5, 0.6) is 0 Å². The van der Waals surface area contributed by atoms with Crippen molar-refractivity contribution in [3.63, 3.8) is 0 Å². The van der Waals surface area contributed by atoms with Crippen LogP contribution in [0.2, 0.25) is 0 Å². The number of aromatic nitrogens is 4. The summed E-state index contributed by atoms with van der Waals surface area (Å²) in [6.07, 6.45) is 12.5. The summed E-state index contributed by atoms with van der Waals surface area (Å²) in [7, 11) is 0. The molecule has 1 fully saturated rings. The number of para-hydroxylation sites is 1. The van der Waals surface area contributed by atoms with E-state index in [0.717, 1.165) is 50.1 Å². The van der Waals surface area contributed by atoms with E-state index < -0.39 is 0 Å². The third kappa shape index (κ3) is 4.60. The molecule has 3 aromatic rings. The predicted molar refractivity (Wildman–Crippen MR) is 107 cm³/mol. The molecule has 3 heterocycles. The third-order valence-electron chi connectivity index (χ3n) is 5.18. The van der Waals surface area contributed by atoms with Gasteiger partial charge >= 0.3 is 6.03 Å². The van der Waals surface area contributed by atoms with Crippen molar-refractivity contribution in [1.82, 2.24) is 29.5 Å². The molecule has 0 aliphatic carbocycles. The highest BCUT2D eigenvalue weighted by Gasteiger charge is 2.23. The Balaban J connectivity index is 1.24. The third-order valence-corrected chi connectivity index (χ3v) is 5.18. The van der Waals surface area contributed by atoms with Gasteiger partial charge in [-0.2, -0.15) is 5.10 Å². The van der Waals surface area contributed by atoms with Crippen molar-refractivity contribution < 1.29 is 4.79 Å². The topological polar surface area (TPSA) is 68.0 Å². The molecular weight excluding hydrogens is 352 g/mol. The maximum Gasteiger partial charge on any atom is 0.317 e. The minimum atomic E-state index is 0.0331. The maximum absolute atomic E-state index is 12.5. The van der Waals surface area contributed by atoms with Crippen LogP contribution in [0, 0.1) is 5.92 Å². The van der Waals surface area contributed by atoms with Crippen LogP contribution in [0.25, 0.3) is 5.69 Å². The van der Waals surface area contributed by atoms with E-state index in [0.29, 0.717) is 12.5 Å². The van der Waals surface area contributed by atoms with Crippen molar-refractivity contribution >= 4 is 6.03 Å². The molecule has 0 unspecified atom stereocenters. The molecule has 7 nitrogen and oxygen atoms in total. The first-order valence-electron chi connectivity index (χ1n) is 9.85. The Morgan fingerprint density at radius 2 is 2.14 bits per heavy atom. The van der Waals surface area contributed by atoms with Gasteiger partial charge in [-0.25, -0.2) is 14.5 Å². The van der Waals surface area contributed by atoms with Gasteiger partial charge in [0.1, 0.15) is 0 Å². The summed E-state index contributed by atoms with van der Waals surface area (Å²) >= 11 is 0. The Morgan fingerprint density at radius 3 is 2.96 bits per heavy atom. The number of hydrogen-bond acceptors (Lipinski definition) is 3. The Labute approximate surface area is 165 Å². The maximum atomic E-state index is 12.5. The normalized spacial score (nSPS) is 16.9. The smallest absolute Gasteiger partial charge is 0.317 e. The van der Waals surface area contributed by atoms with Crippen LogP contribution in [0.4, 0.5) is 4.79 Å². The molecule has 146 valence electrons. The number of imidazole rings is 1. The van der Waals surface area contributed by atoms with Crippen LogP contribution in [-0.4, -0.2) is 49.9 Å². The second kappa shape index (κ2) is 8.73. The number of nitrogens with one attached hydrogen (secondary N) is 1. The summed E-state index contributed by atoms with van der Waals surface area (Å²) < 4.78 is 3.96. The standard InChI is InChI=1S/C21H26N6O/c28-21(26-11-4-5-19(15-26)14-25-12-10-22-17-25)23-9-8-18-13-24-27(16-18)20-6-2-1-3-7-20/h1-3,6-7,10,12-13,16-17,19H,4-5,8-9,11,14-15H2,(H,23,28)/t19-/m0/s1. The lowest BCUT2D eigenvalue weighted by molar-refractivity contribution is 0.159. The Kier molecular flexibility index (Phi) is 5.70. The molecule has 1 aliphatic heterocycles. The highest BCUT2D eigenvalue weighted by atomic mass is 16.2. The quantitative estimate of drug-likeness (QED) is 0.717. The molecule has 2 amide bonds. The van der Waals surface area contributed by atoms with Crippen molar-refractivity contribution in [2.75, 3.05) is 19.6 Å². The lowest BCUT2D eigenvalue weighted by Crippen LogP contribution is -2.46. The zero-order valence-corrected chi connectivity index (χ0v) is 15.9. The molecule has 0 bridgehead atoms. The summed E-state index contributed by atoms with van der Waals surface area (Å²) in [4.78, 5) is 18.6. The van der Waals surface area contributed by atoms with Gasteiger partial charge in [0.25, 0.3) is 0 Å². The fraction of sp³-hybridized carbons (Fsp3) is 0.381. The Morgan fingerprint density at radius 1 is 1.25 bits per heavy atom. The number of nitrogens with zero attached hydrogens (tertiary/aromatic N) is 5. The largest absolute Gasteiger partial charge is 0.338 e. The van der Waals surface area contributed by atoms with E-state index >= 15 is 0 Å². The lowest BCUT2D eigenvalue weighted by Gasteiger charge is -2.33. The van der Waals surface area contributed by atoms with Gasteiger partial charge in [0.15, 0.2) is 0 Å². The van der Waals surface area contributed by atoms with Gasteiger partial charge in [-0.05, 0) is 42.9 Å². The van der Waals surface area contributed by atoms with Crippen LogP contribution in [-0.2, 0) is 13.0 Å². The van der Waals surface area contributed by atoms with E-state index in [1.807, 2.05) is 64.8 Å². The molecule has 4 rings (SSSR count). The number of likely N-dealkylation sites (tertiary alicyclic amines) is 1. The van der Waals surface area contributed by atoms with Gasteiger partial charge in [0, 0.05) is 44.8 Å². The highest BCUT2D eigenvalue weighted by Crippen LogP contribution is 2.18. The number of hydrogen-bond donors (Lipinski definition) is 1. The number of benzene rings is 1. The van der Waals surface area contributed by atoms with Crippen molar-refractivity contribution in [2.24, 2.45) is 5.92 Å².